The maximum atomic E-state index is 5.85. The minimum Gasteiger partial charge on any atom is -0.383 e. The molecular weight excluding hydrogens is 196 g/mol. The summed E-state index contributed by atoms with van der Waals surface area (Å²) in [5, 5.41) is 2.10. The lowest BCUT2D eigenvalue weighted by atomic mass is 10.3. The summed E-state index contributed by atoms with van der Waals surface area (Å²) >= 11 is 1.78. The summed E-state index contributed by atoms with van der Waals surface area (Å²) < 4.78 is 4.99. The highest BCUT2D eigenvalue weighted by Gasteiger charge is 2.07. The van der Waals surface area contributed by atoms with Crippen molar-refractivity contribution in [1.82, 2.24) is 4.90 Å². The lowest BCUT2D eigenvalue weighted by Crippen LogP contribution is -2.37. The average molecular weight is 214 g/mol. The molecule has 3 nitrogen and oxygen atoms in total. The second-order valence-corrected chi connectivity index (χ2v) is 4.52. The van der Waals surface area contributed by atoms with Crippen molar-refractivity contribution in [2.75, 3.05) is 27.3 Å². The maximum absolute atomic E-state index is 5.85. The highest BCUT2D eigenvalue weighted by molar-refractivity contribution is 7.09. The number of thiophene rings is 1. The van der Waals surface area contributed by atoms with E-state index in [9.17, 15) is 0 Å². The molecule has 0 aliphatic heterocycles. The van der Waals surface area contributed by atoms with Crippen molar-refractivity contribution < 1.29 is 4.74 Å². The zero-order valence-corrected chi connectivity index (χ0v) is 9.59. The van der Waals surface area contributed by atoms with Gasteiger partial charge in [-0.1, -0.05) is 6.07 Å². The van der Waals surface area contributed by atoms with E-state index in [-0.39, 0.29) is 6.04 Å². The van der Waals surface area contributed by atoms with Gasteiger partial charge in [0.1, 0.15) is 0 Å². The monoisotopic (exact) mass is 214 g/mol. The van der Waals surface area contributed by atoms with E-state index < -0.39 is 0 Å². The maximum Gasteiger partial charge on any atom is 0.0626 e. The Morgan fingerprint density at radius 1 is 1.64 bits per heavy atom. The van der Waals surface area contributed by atoms with Crippen LogP contribution < -0.4 is 5.73 Å². The fourth-order valence-corrected chi connectivity index (χ4v) is 2.18. The number of likely N-dealkylation sites (N-methyl/N-ethyl adjacent to an activating group) is 1. The quantitative estimate of drug-likeness (QED) is 0.772. The first-order valence-electron chi connectivity index (χ1n) is 4.68. The highest BCUT2D eigenvalue weighted by atomic mass is 32.1. The lowest BCUT2D eigenvalue weighted by molar-refractivity contribution is 0.160. The van der Waals surface area contributed by atoms with Crippen molar-refractivity contribution in [3.8, 4) is 0 Å². The Hall–Kier alpha value is -0.420. The van der Waals surface area contributed by atoms with Crippen molar-refractivity contribution in [3.63, 3.8) is 0 Å². The lowest BCUT2D eigenvalue weighted by Gasteiger charge is -2.19. The van der Waals surface area contributed by atoms with Crippen LogP contribution in [0.2, 0.25) is 0 Å². The molecule has 1 aromatic heterocycles. The number of rotatable bonds is 6. The van der Waals surface area contributed by atoms with Crippen LogP contribution in [0.4, 0.5) is 0 Å². The van der Waals surface area contributed by atoms with Gasteiger partial charge in [0.15, 0.2) is 0 Å². The molecule has 0 fully saturated rings. The topological polar surface area (TPSA) is 38.5 Å². The van der Waals surface area contributed by atoms with Crippen LogP contribution in [-0.2, 0) is 11.3 Å². The summed E-state index contributed by atoms with van der Waals surface area (Å²) in [5.41, 5.74) is 5.85. The molecule has 1 rings (SSSR count). The fourth-order valence-electron chi connectivity index (χ4n) is 1.40. The third-order valence-electron chi connectivity index (χ3n) is 1.93. The zero-order chi connectivity index (χ0) is 10.4. The van der Waals surface area contributed by atoms with Gasteiger partial charge in [-0.2, -0.15) is 0 Å². The third kappa shape index (κ3) is 4.19. The molecular formula is C10H18N2OS. The first-order chi connectivity index (χ1) is 6.72. The average Bonchev–Trinajstić information content (AvgIpc) is 2.56. The standard InChI is InChI=1S/C10H18N2OS/c1-12(6-9(11)8-13-2)7-10-4-3-5-14-10/h3-5,9H,6-8,11H2,1-2H3. The summed E-state index contributed by atoms with van der Waals surface area (Å²) in [5.74, 6) is 0. The molecule has 80 valence electrons. The smallest absolute Gasteiger partial charge is 0.0626 e. The number of ether oxygens (including phenoxy) is 1. The van der Waals surface area contributed by atoms with Crippen molar-refractivity contribution in [2.45, 2.75) is 12.6 Å². The predicted octanol–water partition coefficient (Wildman–Crippen LogP) is 1.15. The van der Waals surface area contributed by atoms with Crippen LogP contribution >= 0.6 is 11.3 Å². The van der Waals surface area contributed by atoms with Crippen LogP contribution in [0.5, 0.6) is 0 Å². The van der Waals surface area contributed by atoms with Crippen molar-refractivity contribution in [1.29, 1.82) is 0 Å². The van der Waals surface area contributed by atoms with Gasteiger partial charge in [0.05, 0.1) is 6.61 Å². The first-order valence-corrected chi connectivity index (χ1v) is 5.55. The van der Waals surface area contributed by atoms with Crippen LogP contribution in [-0.4, -0.2) is 38.3 Å². The first kappa shape index (κ1) is 11.7. The summed E-state index contributed by atoms with van der Waals surface area (Å²) in [4.78, 5) is 3.59. The molecule has 0 aromatic carbocycles. The summed E-state index contributed by atoms with van der Waals surface area (Å²) in [6, 6.07) is 4.32. The molecule has 1 unspecified atom stereocenters. The molecule has 0 amide bonds. The van der Waals surface area contributed by atoms with E-state index in [0.717, 1.165) is 13.1 Å². The Kier molecular flexibility index (Phi) is 5.11. The zero-order valence-electron chi connectivity index (χ0n) is 8.77. The van der Waals surface area contributed by atoms with Crippen LogP contribution in [0.1, 0.15) is 4.88 Å². The summed E-state index contributed by atoms with van der Waals surface area (Å²) in [7, 11) is 3.76. The molecule has 1 heterocycles. The van der Waals surface area contributed by atoms with E-state index in [1.54, 1.807) is 18.4 Å². The molecule has 2 N–H and O–H groups in total. The molecule has 0 bridgehead atoms. The molecule has 0 aliphatic carbocycles. The minimum absolute atomic E-state index is 0.102. The van der Waals surface area contributed by atoms with Crippen molar-refractivity contribution in [3.05, 3.63) is 22.4 Å². The Morgan fingerprint density at radius 2 is 2.43 bits per heavy atom. The Bertz CT molecular complexity index is 238. The van der Waals surface area contributed by atoms with Crippen molar-refractivity contribution in [2.24, 2.45) is 5.73 Å². The normalized spacial score (nSPS) is 13.4. The molecule has 0 aliphatic rings. The van der Waals surface area contributed by atoms with Crippen LogP contribution in [0.3, 0.4) is 0 Å². The largest absolute Gasteiger partial charge is 0.383 e. The molecule has 14 heavy (non-hydrogen) atoms. The number of methoxy groups -OCH3 is 1. The molecule has 1 atom stereocenters. The van der Waals surface area contributed by atoms with E-state index in [1.165, 1.54) is 4.88 Å². The third-order valence-corrected chi connectivity index (χ3v) is 2.79. The Balaban J connectivity index is 2.25. The van der Waals surface area contributed by atoms with Gasteiger partial charge in [-0.05, 0) is 18.5 Å². The van der Waals surface area contributed by atoms with E-state index in [2.05, 4.69) is 29.5 Å². The van der Waals surface area contributed by atoms with Gasteiger partial charge in [0, 0.05) is 31.1 Å². The van der Waals surface area contributed by atoms with E-state index in [1.807, 2.05) is 0 Å². The number of hydrogen-bond acceptors (Lipinski definition) is 4. The molecule has 1 aromatic rings. The number of hydrogen-bond donors (Lipinski definition) is 1. The van der Waals surface area contributed by atoms with Gasteiger partial charge in [-0.3, -0.25) is 4.90 Å². The van der Waals surface area contributed by atoms with Gasteiger partial charge in [0.25, 0.3) is 0 Å². The fraction of sp³-hybridized carbons (Fsp3) is 0.600. The number of nitrogens with zero attached hydrogens (tertiary/aromatic N) is 1. The second kappa shape index (κ2) is 6.14. The van der Waals surface area contributed by atoms with Gasteiger partial charge < -0.3 is 10.5 Å². The molecule has 0 saturated heterocycles. The SMILES string of the molecule is COCC(N)CN(C)Cc1cccs1. The summed E-state index contributed by atoms with van der Waals surface area (Å²) in [6.45, 7) is 2.45. The van der Waals surface area contributed by atoms with Crippen LogP contribution in [0, 0.1) is 0 Å². The van der Waals surface area contributed by atoms with Crippen LogP contribution in [0.15, 0.2) is 17.5 Å². The minimum atomic E-state index is 0.102. The van der Waals surface area contributed by atoms with Crippen LogP contribution in [0.25, 0.3) is 0 Å². The second-order valence-electron chi connectivity index (χ2n) is 3.49. The predicted molar refractivity (Wildman–Crippen MR) is 60.5 cm³/mol. The van der Waals surface area contributed by atoms with Crippen molar-refractivity contribution >= 4 is 11.3 Å². The van der Waals surface area contributed by atoms with Gasteiger partial charge >= 0.3 is 0 Å². The molecule has 0 spiro atoms. The highest BCUT2D eigenvalue weighted by Crippen LogP contribution is 2.10. The Labute approximate surface area is 89.5 Å². The van der Waals surface area contributed by atoms with E-state index in [0.29, 0.717) is 6.61 Å². The number of nitrogens with two attached hydrogens (primary N) is 1. The van der Waals surface area contributed by atoms with E-state index >= 15 is 0 Å². The molecule has 0 radical (unpaired) electrons. The Morgan fingerprint density at radius 3 is 3.00 bits per heavy atom. The van der Waals surface area contributed by atoms with E-state index in [4.69, 9.17) is 10.5 Å². The van der Waals surface area contributed by atoms with Gasteiger partial charge in [-0.15, -0.1) is 11.3 Å². The molecule has 0 saturated carbocycles. The van der Waals surface area contributed by atoms with Gasteiger partial charge in [-0.25, -0.2) is 0 Å². The molecule has 4 heteroatoms. The van der Waals surface area contributed by atoms with Gasteiger partial charge in [0.2, 0.25) is 0 Å². The summed E-state index contributed by atoms with van der Waals surface area (Å²) in [6.07, 6.45) is 0.